The molecule has 3 aliphatic heterocycles. The normalized spacial score (nSPS) is 21.4. The van der Waals surface area contributed by atoms with E-state index in [0.717, 1.165) is 61.7 Å². The van der Waals surface area contributed by atoms with Gasteiger partial charge >= 0.3 is 24.1 Å². The third-order valence-corrected chi connectivity index (χ3v) is 13.0. The van der Waals surface area contributed by atoms with Crippen molar-refractivity contribution in [1.29, 1.82) is 0 Å². The van der Waals surface area contributed by atoms with Crippen molar-refractivity contribution in [3.05, 3.63) is 23.7 Å². The number of carbonyl (C=O) groups is 6. The number of carboxylic acids is 2. The van der Waals surface area contributed by atoms with Gasteiger partial charge < -0.3 is 122 Å². The van der Waals surface area contributed by atoms with Crippen molar-refractivity contribution in [1.82, 2.24) is 30.2 Å². The van der Waals surface area contributed by atoms with Crippen LogP contribution in [-0.4, -0.2) is 304 Å². The first kappa shape index (κ1) is 70.4. The Hall–Kier alpha value is -6.84. The third-order valence-electron chi connectivity index (χ3n) is 13.0. The zero-order chi connectivity index (χ0) is 61.6. The number of hydrogen-bond donors (Lipinski definition) is 12. The van der Waals surface area contributed by atoms with Crippen molar-refractivity contribution in [3.63, 3.8) is 0 Å². The number of carbonyl (C=O) groups excluding carboxylic acids is 4. The molecule has 0 bridgehead atoms. The van der Waals surface area contributed by atoms with Gasteiger partial charge in [-0.1, -0.05) is 5.92 Å². The SMILES string of the molecule is C#CCOCCOCCOCCN1CCC(N(CCOCCN(C)C(=O)O[C@@H]([C@@H]2OC(C(=O)O)=C[C@H](N=C(N)N)[C@H]2NC(C)=O)[C@H](O)CO)CCOCCN(C)C(=O)O[C@@H]([C@@H]2OC(C(=O)O)=C[C@H](N=C(N)N)[C@H]2NC(C)=O)[C@H](O)CO)CC1. The Morgan fingerprint density at radius 2 is 1.05 bits per heavy atom. The highest BCUT2D eigenvalue weighted by molar-refractivity contribution is 5.86. The predicted molar refractivity (Wildman–Crippen MR) is 292 cm³/mol. The van der Waals surface area contributed by atoms with Crippen LogP contribution in [-0.2, 0) is 61.8 Å². The maximum absolute atomic E-state index is 13.5. The van der Waals surface area contributed by atoms with Crippen LogP contribution in [0.15, 0.2) is 33.7 Å². The summed E-state index contributed by atoms with van der Waals surface area (Å²) in [6.45, 7) is 6.20. The van der Waals surface area contributed by atoms with Crippen LogP contribution in [0.2, 0.25) is 0 Å². The van der Waals surface area contributed by atoms with E-state index in [0.29, 0.717) is 52.7 Å². The number of ether oxygens (including phenoxy) is 9. The fraction of sp³-hybridized carbons (Fsp3) is 0.720. The van der Waals surface area contributed by atoms with Gasteiger partial charge in [0.1, 0.15) is 18.8 Å². The lowest BCUT2D eigenvalue weighted by atomic mass is 9.92. The van der Waals surface area contributed by atoms with Crippen LogP contribution in [0.5, 0.6) is 0 Å². The number of nitrogens with one attached hydrogen (secondary N) is 2. The summed E-state index contributed by atoms with van der Waals surface area (Å²) in [4.78, 5) is 90.2. The molecule has 0 aromatic carbocycles. The lowest BCUT2D eigenvalue weighted by molar-refractivity contribution is -0.147. The molecule has 3 rings (SSSR count). The number of aliphatic carboxylic acids is 2. The summed E-state index contributed by atoms with van der Waals surface area (Å²) in [6.07, 6.45) is -3.58. The zero-order valence-corrected chi connectivity index (χ0v) is 47.2. The fourth-order valence-corrected chi connectivity index (χ4v) is 8.85. The topological polar surface area (TPSA) is 473 Å². The van der Waals surface area contributed by atoms with Crippen LogP contribution < -0.4 is 33.6 Å². The van der Waals surface area contributed by atoms with Gasteiger partial charge in [0.15, 0.2) is 36.3 Å². The number of aliphatic hydroxyl groups is 4. The number of carboxylic acid groups (broad SMARTS) is 2. The van der Waals surface area contributed by atoms with Crippen LogP contribution in [0, 0.1) is 12.3 Å². The maximum atomic E-state index is 13.5. The van der Waals surface area contributed by atoms with Crippen molar-refractivity contribution < 1.29 is 102 Å². The number of aliphatic imine (C=N–C) groups is 2. The van der Waals surface area contributed by atoms with Crippen molar-refractivity contribution >= 4 is 47.9 Å². The summed E-state index contributed by atoms with van der Waals surface area (Å²) in [5.74, 6) is -4.23. The maximum Gasteiger partial charge on any atom is 0.410 e. The molecule has 10 atom stereocenters. The van der Waals surface area contributed by atoms with E-state index in [1.807, 2.05) is 0 Å². The third kappa shape index (κ3) is 24.9. The van der Waals surface area contributed by atoms with E-state index >= 15 is 0 Å². The molecule has 0 aromatic heterocycles. The molecular weight excluding hydrogens is 1100 g/mol. The number of hydrogen-bond acceptors (Lipinski definition) is 23. The number of aliphatic hydroxyl groups excluding tert-OH is 4. The number of likely N-dealkylation sites (tertiary alicyclic amines) is 1. The van der Waals surface area contributed by atoms with E-state index in [-0.39, 0.29) is 52.2 Å². The van der Waals surface area contributed by atoms with Gasteiger partial charge in [0.2, 0.25) is 23.3 Å². The largest absolute Gasteiger partial charge is 0.477 e. The van der Waals surface area contributed by atoms with Crippen LogP contribution >= 0.6 is 0 Å². The highest BCUT2D eigenvalue weighted by atomic mass is 16.6. The molecule has 83 heavy (non-hydrogen) atoms. The van der Waals surface area contributed by atoms with Gasteiger partial charge in [-0.05, 0) is 38.1 Å². The van der Waals surface area contributed by atoms with E-state index in [9.17, 15) is 59.4 Å². The van der Waals surface area contributed by atoms with Crippen molar-refractivity contribution in [3.8, 4) is 12.3 Å². The first-order chi connectivity index (χ1) is 39.5. The monoisotopic (exact) mass is 1190 g/mol. The quantitative estimate of drug-likeness (QED) is 0.0119. The number of guanidine groups is 2. The number of rotatable bonds is 37. The predicted octanol–water partition coefficient (Wildman–Crippen LogP) is -5.92. The van der Waals surface area contributed by atoms with Gasteiger partial charge in [0.25, 0.3) is 0 Å². The Kier molecular flexibility index (Phi) is 31.7. The van der Waals surface area contributed by atoms with Gasteiger partial charge in [-0.25, -0.2) is 29.2 Å². The number of terminal acetylenes is 1. The second-order valence-corrected chi connectivity index (χ2v) is 19.2. The standard InChI is InChI=1S/C50H84N12O21/c1-6-16-75-22-24-79-25-23-78-19-13-61-9-7-32(8-10-61)62(14-20-76-17-11-59(4)49(73)82-41(35(67)28-63)43-39(55-30(2)65)33(57-47(51)52)26-37(80-43)45(69)70)15-21-77-18-12-60(5)50(74)83-42(36(68)29-64)44-40(56-31(3)66)34(58-48(53)54)27-38(81-44)46(71)72/h1,26-27,32-36,39-44,63-64,67-68H,7-25,28-29H2,2-5H3,(H,55,65)(H,56,66)(H,69,70)(H,71,72)(H4,51,52,57)(H4,53,54,58)/t33-,34-,35+,36+,39+,40+,41+,42+,43+,44+/m0/s1. The Balaban J connectivity index is 1.65. The number of amides is 4. The molecule has 470 valence electrons. The number of piperidine rings is 1. The van der Waals surface area contributed by atoms with Gasteiger partial charge in [-0.15, -0.1) is 6.42 Å². The van der Waals surface area contributed by atoms with Crippen molar-refractivity contribution in [2.45, 2.75) is 93.5 Å². The Morgan fingerprint density at radius 1 is 0.663 bits per heavy atom. The molecule has 0 unspecified atom stereocenters. The van der Waals surface area contributed by atoms with E-state index < -0.39 is 133 Å². The summed E-state index contributed by atoms with van der Waals surface area (Å²) in [5.41, 5.74) is 22.3. The van der Waals surface area contributed by atoms with Crippen LogP contribution in [0.4, 0.5) is 9.59 Å². The summed E-state index contributed by atoms with van der Waals surface area (Å²) in [6, 6.07) is -4.94. The summed E-state index contributed by atoms with van der Waals surface area (Å²) < 4.78 is 50.8. The van der Waals surface area contributed by atoms with Crippen LogP contribution in [0.25, 0.3) is 0 Å². The number of nitrogens with two attached hydrogens (primary N) is 4. The van der Waals surface area contributed by atoms with E-state index in [2.05, 4.69) is 36.3 Å². The summed E-state index contributed by atoms with van der Waals surface area (Å²) in [5, 5.41) is 66.2. The molecule has 0 aliphatic carbocycles. The number of nitrogens with zero attached hydrogens (tertiary/aromatic N) is 6. The lowest BCUT2D eigenvalue weighted by Gasteiger charge is -2.40. The number of likely N-dealkylation sites (N-methyl/N-ethyl adjacent to an activating group) is 2. The van der Waals surface area contributed by atoms with E-state index in [1.165, 1.54) is 14.1 Å². The first-order valence-corrected chi connectivity index (χ1v) is 26.7. The smallest absolute Gasteiger partial charge is 0.410 e. The highest BCUT2D eigenvalue weighted by Crippen LogP contribution is 2.29. The van der Waals surface area contributed by atoms with Crippen LogP contribution in [0.3, 0.4) is 0 Å². The lowest BCUT2D eigenvalue weighted by Crippen LogP contribution is -2.61. The molecule has 0 spiro atoms. The van der Waals surface area contributed by atoms with Crippen molar-refractivity contribution in [2.75, 3.05) is 139 Å². The van der Waals surface area contributed by atoms with Gasteiger partial charge in [-0.3, -0.25) is 14.5 Å². The highest BCUT2D eigenvalue weighted by Gasteiger charge is 2.48. The molecule has 16 N–H and O–H groups in total. The van der Waals surface area contributed by atoms with E-state index in [1.54, 1.807) is 0 Å². The molecule has 33 heteroatoms. The molecular formula is C50H84N12O21. The van der Waals surface area contributed by atoms with Gasteiger partial charge in [0.05, 0.1) is 96.8 Å². The minimum atomic E-state index is -1.83. The average Bonchev–Trinajstić information content (AvgIpc) is 3.55. The molecule has 33 nitrogen and oxygen atoms in total. The van der Waals surface area contributed by atoms with Crippen molar-refractivity contribution in [2.24, 2.45) is 32.9 Å². The first-order valence-electron chi connectivity index (χ1n) is 26.7. The molecule has 1 saturated heterocycles. The van der Waals surface area contributed by atoms with E-state index in [4.69, 9.17) is 72.0 Å². The molecule has 0 saturated carbocycles. The zero-order valence-electron chi connectivity index (χ0n) is 47.2. The molecule has 3 heterocycles. The fourth-order valence-electron chi connectivity index (χ4n) is 8.85. The molecule has 0 aromatic rings. The molecule has 4 amide bonds. The average molecular weight is 1190 g/mol. The molecule has 0 radical (unpaired) electrons. The van der Waals surface area contributed by atoms with Gasteiger partial charge in [-0.2, -0.15) is 0 Å². The second kappa shape index (κ2) is 37.4. The summed E-state index contributed by atoms with van der Waals surface area (Å²) in [7, 11) is 2.76. The Bertz CT molecular complexity index is 2100. The summed E-state index contributed by atoms with van der Waals surface area (Å²) >= 11 is 0. The van der Waals surface area contributed by atoms with Gasteiger partial charge in [0, 0.05) is 66.7 Å². The Morgan fingerprint density at radius 3 is 1.42 bits per heavy atom. The van der Waals surface area contributed by atoms with Crippen LogP contribution in [0.1, 0.15) is 26.7 Å². The minimum absolute atomic E-state index is 0.00671. The molecule has 1 fully saturated rings. The second-order valence-electron chi connectivity index (χ2n) is 19.2. The Labute approximate surface area is 480 Å². The minimum Gasteiger partial charge on any atom is -0.477 e. The molecule has 3 aliphatic rings.